The summed E-state index contributed by atoms with van der Waals surface area (Å²) in [6, 6.07) is 12.3. The Hall–Kier alpha value is -1.87. The van der Waals surface area contributed by atoms with Crippen LogP contribution in [0.5, 0.6) is 0 Å². The smallest absolute Gasteiger partial charge is 0.0931 e. The van der Waals surface area contributed by atoms with Gasteiger partial charge in [-0.1, -0.05) is 19.1 Å². The molecule has 1 heterocycles. The molecule has 0 bridgehead atoms. The maximum absolute atomic E-state index is 9.45. The minimum absolute atomic E-state index is 0.525. The molecule has 0 saturated heterocycles. The Morgan fingerprint density at radius 1 is 1.11 bits per heavy atom. The molecule has 0 spiro atoms. The second-order valence-corrected chi connectivity index (χ2v) is 4.70. The summed E-state index contributed by atoms with van der Waals surface area (Å²) < 4.78 is 0. The maximum atomic E-state index is 9.45. The van der Waals surface area contributed by atoms with Gasteiger partial charge in [-0.25, -0.2) is 0 Å². The van der Waals surface area contributed by atoms with Crippen LogP contribution in [-0.2, 0) is 6.42 Å². The molecule has 0 fully saturated rings. The van der Waals surface area contributed by atoms with Crippen molar-refractivity contribution in [2.24, 2.45) is 0 Å². The normalized spacial score (nSPS) is 12.2. The highest BCUT2D eigenvalue weighted by molar-refractivity contribution is 5.61. The van der Waals surface area contributed by atoms with E-state index in [1.54, 1.807) is 13.1 Å². The molecule has 100 valence electrons. The van der Waals surface area contributed by atoms with Gasteiger partial charge in [0.05, 0.1) is 23.7 Å². The number of aliphatic hydroxyl groups excluding tert-OH is 1. The number of pyridine rings is 1. The van der Waals surface area contributed by atoms with E-state index in [1.807, 2.05) is 19.2 Å². The van der Waals surface area contributed by atoms with Crippen molar-refractivity contribution in [1.29, 1.82) is 0 Å². The number of aromatic nitrogens is 1. The van der Waals surface area contributed by atoms with Gasteiger partial charge in [0.25, 0.3) is 0 Å². The van der Waals surface area contributed by atoms with Crippen LogP contribution in [0.25, 0.3) is 0 Å². The summed E-state index contributed by atoms with van der Waals surface area (Å²) in [5.41, 5.74) is 4.16. The zero-order valence-electron chi connectivity index (χ0n) is 11.7. The highest BCUT2D eigenvalue weighted by Gasteiger charge is 2.06. The predicted octanol–water partition coefficient (Wildman–Crippen LogP) is 3.47. The van der Waals surface area contributed by atoms with E-state index in [9.17, 15) is 5.11 Å². The fourth-order valence-corrected chi connectivity index (χ4v) is 1.95. The van der Waals surface area contributed by atoms with Crippen LogP contribution in [0.2, 0.25) is 0 Å². The molecule has 3 heteroatoms. The summed E-state index contributed by atoms with van der Waals surface area (Å²) in [6.45, 7) is 3.87. The van der Waals surface area contributed by atoms with Crippen LogP contribution >= 0.6 is 0 Å². The lowest BCUT2D eigenvalue weighted by Gasteiger charge is -2.20. The molecule has 0 aliphatic carbocycles. The van der Waals surface area contributed by atoms with Gasteiger partial charge in [0.2, 0.25) is 0 Å². The second-order valence-electron chi connectivity index (χ2n) is 4.70. The Bertz CT molecular complexity index is 517. The van der Waals surface area contributed by atoms with Crippen molar-refractivity contribution in [3.63, 3.8) is 0 Å². The first-order valence-electron chi connectivity index (χ1n) is 6.58. The van der Waals surface area contributed by atoms with Crippen LogP contribution in [-0.4, -0.2) is 17.1 Å². The SMILES string of the molecule is CCc1ccc(N(C)c2ccc([C@H](C)O)nc2)cc1. The van der Waals surface area contributed by atoms with Crippen LogP contribution in [0.4, 0.5) is 11.4 Å². The third-order valence-corrected chi connectivity index (χ3v) is 3.32. The number of anilines is 2. The summed E-state index contributed by atoms with van der Waals surface area (Å²) >= 11 is 0. The van der Waals surface area contributed by atoms with Gasteiger partial charge in [0.1, 0.15) is 0 Å². The molecule has 2 aromatic rings. The fraction of sp³-hybridized carbons (Fsp3) is 0.312. The van der Waals surface area contributed by atoms with Gasteiger partial charge in [-0.15, -0.1) is 0 Å². The monoisotopic (exact) mass is 256 g/mol. The van der Waals surface area contributed by atoms with E-state index in [0.717, 1.165) is 17.8 Å². The number of rotatable bonds is 4. The van der Waals surface area contributed by atoms with Gasteiger partial charge >= 0.3 is 0 Å². The molecular formula is C16H20N2O. The molecule has 19 heavy (non-hydrogen) atoms. The van der Waals surface area contributed by atoms with Crippen molar-refractivity contribution >= 4 is 11.4 Å². The Labute approximate surface area is 114 Å². The predicted molar refractivity (Wildman–Crippen MR) is 78.8 cm³/mol. The van der Waals surface area contributed by atoms with E-state index in [0.29, 0.717) is 5.69 Å². The molecule has 3 nitrogen and oxygen atoms in total. The van der Waals surface area contributed by atoms with Crippen molar-refractivity contribution in [3.8, 4) is 0 Å². The molecule has 0 aliphatic heterocycles. The molecule has 1 atom stereocenters. The van der Waals surface area contributed by atoms with Crippen LogP contribution in [0.1, 0.15) is 31.2 Å². The molecule has 0 aliphatic rings. The summed E-state index contributed by atoms with van der Waals surface area (Å²) in [6.07, 6.45) is 2.31. The summed E-state index contributed by atoms with van der Waals surface area (Å²) in [5.74, 6) is 0. The quantitative estimate of drug-likeness (QED) is 0.910. The Morgan fingerprint density at radius 3 is 2.21 bits per heavy atom. The van der Waals surface area contributed by atoms with Gasteiger partial charge in [0.15, 0.2) is 0 Å². The minimum Gasteiger partial charge on any atom is -0.387 e. The van der Waals surface area contributed by atoms with E-state index in [-0.39, 0.29) is 0 Å². The van der Waals surface area contributed by atoms with Gasteiger partial charge in [0, 0.05) is 12.7 Å². The molecule has 1 aromatic carbocycles. The first-order chi connectivity index (χ1) is 9.11. The van der Waals surface area contributed by atoms with Crippen molar-refractivity contribution in [3.05, 3.63) is 53.9 Å². The van der Waals surface area contributed by atoms with Gasteiger partial charge in [-0.2, -0.15) is 0 Å². The van der Waals surface area contributed by atoms with Crippen LogP contribution in [0.3, 0.4) is 0 Å². The molecule has 0 radical (unpaired) electrons. The molecule has 1 aromatic heterocycles. The van der Waals surface area contributed by atoms with Gasteiger partial charge in [-0.3, -0.25) is 4.98 Å². The molecule has 0 amide bonds. The third-order valence-electron chi connectivity index (χ3n) is 3.32. The zero-order chi connectivity index (χ0) is 13.8. The van der Waals surface area contributed by atoms with Crippen molar-refractivity contribution in [2.75, 3.05) is 11.9 Å². The molecule has 0 unspecified atom stereocenters. The molecule has 2 rings (SSSR count). The zero-order valence-corrected chi connectivity index (χ0v) is 11.7. The van der Waals surface area contributed by atoms with Gasteiger partial charge < -0.3 is 10.0 Å². The van der Waals surface area contributed by atoms with Crippen molar-refractivity contribution in [2.45, 2.75) is 26.4 Å². The number of hydrogen-bond donors (Lipinski definition) is 1. The van der Waals surface area contributed by atoms with Crippen LogP contribution in [0, 0.1) is 0 Å². The van der Waals surface area contributed by atoms with E-state index < -0.39 is 6.10 Å². The first kappa shape index (κ1) is 13.6. The number of hydrogen-bond acceptors (Lipinski definition) is 3. The highest BCUT2D eigenvalue weighted by atomic mass is 16.3. The number of aryl methyl sites for hydroxylation is 1. The Morgan fingerprint density at radius 2 is 1.74 bits per heavy atom. The van der Waals surface area contributed by atoms with E-state index in [2.05, 4.69) is 41.1 Å². The fourth-order valence-electron chi connectivity index (χ4n) is 1.95. The topological polar surface area (TPSA) is 36.4 Å². The van der Waals surface area contributed by atoms with Crippen LogP contribution in [0.15, 0.2) is 42.6 Å². The van der Waals surface area contributed by atoms with E-state index in [4.69, 9.17) is 0 Å². The maximum Gasteiger partial charge on any atom is 0.0931 e. The molecule has 0 saturated carbocycles. The number of aliphatic hydroxyl groups is 1. The van der Waals surface area contributed by atoms with Crippen molar-refractivity contribution in [1.82, 2.24) is 4.98 Å². The van der Waals surface area contributed by atoms with Gasteiger partial charge in [-0.05, 0) is 43.2 Å². The van der Waals surface area contributed by atoms with E-state index in [1.165, 1.54) is 5.56 Å². The largest absolute Gasteiger partial charge is 0.387 e. The Balaban J connectivity index is 2.20. The van der Waals surface area contributed by atoms with Crippen molar-refractivity contribution < 1.29 is 5.11 Å². The summed E-state index contributed by atoms with van der Waals surface area (Å²) in [7, 11) is 2.01. The lowest BCUT2D eigenvalue weighted by molar-refractivity contribution is 0.194. The standard InChI is InChI=1S/C16H20N2O/c1-4-13-5-7-14(8-6-13)18(3)15-9-10-16(12(2)19)17-11-15/h5-12,19H,4H2,1-3H3/t12-/m0/s1. The first-order valence-corrected chi connectivity index (χ1v) is 6.58. The van der Waals surface area contributed by atoms with Crippen LogP contribution < -0.4 is 4.90 Å². The molecule has 1 N–H and O–H groups in total. The highest BCUT2D eigenvalue weighted by Crippen LogP contribution is 2.24. The average Bonchev–Trinajstić information content (AvgIpc) is 2.46. The lowest BCUT2D eigenvalue weighted by Crippen LogP contribution is -2.10. The second kappa shape index (κ2) is 5.85. The summed E-state index contributed by atoms with van der Waals surface area (Å²) in [4.78, 5) is 6.35. The minimum atomic E-state index is -0.525. The molecular weight excluding hydrogens is 236 g/mol. The summed E-state index contributed by atoms with van der Waals surface area (Å²) in [5, 5.41) is 9.45. The average molecular weight is 256 g/mol. The third kappa shape index (κ3) is 3.12. The lowest BCUT2D eigenvalue weighted by atomic mass is 10.1. The number of nitrogens with zero attached hydrogens (tertiary/aromatic N) is 2. The number of benzene rings is 1. The Kier molecular flexibility index (Phi) is 4.17. The van der Waals surface area contributed by atoms with E-state index >= 15 is 0 Å².